The van der Waals surface area contributed by atoms with Crippen molar-refractivity contribution in [1.29, 1.82) is 0 Å². The van der Waals surface area contributed by atoms with Crippen LogP contribution in [0.4, 0.5) is 0 Å². The van der Waals surface area contributed by atoms with Crippen molar-refractivity contribution in [3.63, 3.8) is 0 Å². The molecule has 0 aromatic rings. The highest BCUT2D eigenvalue weighted by Crippen LogP contribution is 2.27. The van der Waals surface area contributed by atoms with Crippen LogP contribution in [0.1, 0.15) is 84.0 Å². The van der Waals surface area contributed by atoms with Crippen LogP contribution in [0.15, 0.2) is 0 Å². The second-order valence-corrected chi connectivity index (χ2v) is 9.09. The molecular formula is C23H52N4. The molecule has 164 valence electrons. The molecule has 4 nitrogen and oxygen atoms in total. The molecule has 0 spiro atoms. The van der Waals surface area contributed by atoms with E-state index in [2.05, 4.69) is 50.2 Å². The van der Waals surface area contributed by atoms with Crippen molar-refractivity contribution in [2.45, 2.75) is 90.1 Å². The summed E-state index contributed by atoms with van der Waals surface area (Å²) in [7, 11) is 10.2. The van der Waals surface area contributed by atoms with Gasteiger partial charge < -0.3 is 16.0 Å². The first-order valence-electron chi connectivity index (χ1n) is 11.6. The van der Waals surface area contributed by atoms with E-state index in [1.165, 1.54) is 77.0 Å². The smallest absolute Gasteiger partial charge is 0.0569 e. The monoisotopic (exact) mass is 384 g/mol. The molecule has 0 amide bonds. The lowest BCUT2D eigenvalue weighted by molar-refractivity contribution is 0.220. The van der Waals surface area contributed by atoms with Crippen LogP contribution in [0.2, 0.25) is 0 Å². The SMILES string of the molecule is CCC1CCCCC1.CN(C)C(N)CC1CCCCC1.CNCCN(C)C. The third-order valence-electron chi connectivity index (χ3n) is 6.07. The lowest BCUT2D eigenvalue weighted by Crippen LogP contribution is -2.38. The first kappa shape index (κ1) is 26.8. The molecule has 27 heavy (non-hydrogen) atoms. The van der Waals surface area contributed by atoms with Gasteiger partial charge in [0.1, 0.15) is 0 Å². The van der Waals surface area contributed by atoms with Gasteiger partial charge in [0.05, 0.1) is 6.17 Å². The molecule has 4 heteroatoms. The summed E-state index contributed by atoms with van der Waals surface area (Å²) < 4.78 is 0. The summed E-state index contributed by atoms with van der Waals surface area (Å²) in [5, 5.41) is 3.06. The van der Waals surface area contributed by atoms with E-state index in [0.29, 0.717) is 0 Å². The molecule has 0 heterocycles. The summed E-state index contributed by atoms with van der Waals surface area (Å²) in [5.41, 5.74) is 5.97. The zero-order valence-corrected chi connectivity index (χ0v) is 19.6. The fourth-order valence-electron chi connectivity index (χ4n) is 3.91. The summed E-state index contributed by atoms with van der Waals surface area (Å²) in [6, 6.07) is 0. The average Bonchev–Trinajstić information content (AvgIpc) is 2.68. The maximum atomic E-state index is 5.97. The molecule has 0 saturated heterocycles. The quantitative estimate of drug-likeness (QED) is 0.632. The Kier molecular flexibility index (Phi) is 17.8. The van der Waals surface area contributed by atoms with Gasteiger partial charge in [-0.3, -0.25) is 4.90 Å². The molecule has 2 aliphatic rings. The summed E-state index contributed by atoms with van der Waals surface area (Å²) >= 11 is 0. The van der Waals surface area contributed by atoms with Crippen LogP contribution in [0.5, 0.6) is 0 Å². The van der Waals surface area contributed by atoms with Gasteiger partial charge in [0.15, 0.2) is 0 Å². The number of nitrogens with two attached hydrogens (primary N) is 1. The second-order valence-electron chi connectivity index (χ2n) is 9.09. The summed E-state index contributed by atoms with van der Waals surface area (Å²) in [6.45, 7) is 4.51. The Hall–Kier alpha value is -0.160. The minimum absolute atomic E-state index is 0.271. The number of hydrogen-bond donors (Lipinski definition) is 2. The van der Waals surface area contributed by atoms with E-state index in [4.69, 9.17) is 5.73 Å². The molecular weight excluding hydrogens is 332 g/mol. The third-order valence-corrected chi connectivity index (χ3v) is 6.07. The maximum Gasteiger partial charge on any atom is 0.0569 e. The third kappa shape index (κ3) is 16.5. The lowest BCUT2D eigenvalue weighted by Gasteiger charge is -2.27. The van der Waals surface area contributed by atoms with Gasteiger partial charge in [-0.2, -0.15) is 0 Å². The molecule has 0 radical (unpaired) electrons. The van der Waals surface area contributed by atoms with E-state index < -0.39 is 0 Å². The number of nitrogens with zero attached hydrogens (tertiary/aromatic N) is 2. The fraction of sp³-hybridized carbons (Fsp3) is 1.00. The first-order valence-corrected chi connectivity index (χ1v) is 11.6. The Morgan fingerprint density at radius 3 is 1.63 bits per heavy atom. The van der Waals surface area contributed by atoms with Crippen molar-refractivity contribution in [2.24, 2.45) is 17.6 Å². The number of nitrogens with one attached hydrogen (secondary N) is 1. The molecule has 1 atom stereocenters. The highest BCUT2D eigenvalue weighted by atomic mass is 15.2. The fourth-order valence-corrected chi connectivity index (χ4v) is 3.91. The van der Waals surface area contributed by atoms with Crippen molar-refractivity contribution in [3.8, 4) is 0 Å². The normalized spacial score (nSPS) is 19.9. The van der Waals surface area contributed by atoms with E-state index in [9.17, 15) is 0 Å². The molecule has 1 unspecified atom stereocenters. The molecule has 2 saturated carbocycles. The number of hydrogen-bond acceptors (Lipinski definition) is 4. The van der Waals surface area contributed by atoms with E-state index in [0.717, 1.165) is 24.9 Å². The topological polar surface area (TPSA) is 44.5 Å². The van der Waals surface area contributed by atoms with Crippen LogP contribution in [-0.4, -0.2) is 64.3 Å². The van der Waals surface area contributed by atoms with Gasteiger partial charge in [-0.05, 0) is 53.5 Å². The summed E-state index contributed by atoms with van der Waals surface area (Å²) in [5.74, 6) is 1.99. The zero-order chi connectivity index (χ0) is 20.5. The Labute approximate surface area is 171 Å². The van der Waals surface area contributed by atoms with Crippen LogP contribution >= 0.6 is 0 Å². The maximum absolute atomic E-state index is 5.97. The predicted octanol–water partition coefficient (Wildman–Crippen LogP) is 4.55. The van der Waals surface area contributed by atoms with Crippen LogP contribution in [0.25, 0.3) is 0 Å². The Morgan fingerprint density at radius 1 is 0.852 bits per heavy atom. The molecule has 0 aliphatic heterocycles. The molecule has 0 aromatic heterocycles. The van der Waals surface area contributed by atoms with E-state index in [1.54, 1.807) is 0 Å². The van der Waals surface area contributed by atoms with Gasteiger partial charge in [0.2, 0.25) is 0 Å². The van der Waals surface area contributed by atoms with Crippen molar-refractivity contribution in [3.05, 3.63) is 0 Å². The molecule has 2 aliphatic carbocycles. The lowest BCUT2D eigenvalue weighted by atomic mass is 9.86. The number of likely N-dealkylation sites (N-methyl/N-ethyl adjacent to an activating group) is 2. The van der Waals surface area contributed by atoms with Crippen molar-refractivity contribution in [2.75, 3.05) is 48.3 Å². The van der Waals surface area contributed by atoms with E-state index in [-0.39, 0.29) is 6.17 Å². The van der Waals surface area contributed by atoms with Crippen LogP contribution in [-0.2, 0) is 0 Å². The highest BCUT2D eigenvalue weighted by Gasteiger charge is 2.17. The van der Waals surface area contributed by atoms with Gasteiger partial charge in [0, 0.05) is 13.1 Å². The predicted molar refractivity (Wildman–Crippen MR) is 122 cm³/mol. The zero-order valence-electron chi connectivity index (χ0n) is 19.6. The van der Waals surface area contributed by atoms with Gasteiger partial charge in [-0.25, -0.2) is 0 Å². The molecule has 2 rings (SSSR count). The first-order chi connectivity index (χ1) is 12.9. The van der Waals surface area contributed by atoms with E-state index >= 15 is 0 Å². The number of rotatable bonds is 7. The van der Waals surface area contributed by atoms with Crippen molar-refractivity contribution < 1.29 is 0 Å². The van der Waals surface area contributed by atoms with Gasteiger partial charge in [0.25, 0.3) is 0 Å². The largest absolute Gasteiger partial charge is 0.318 e. The van der Waals surface area contributed by atoms with Gasteiger partial charge in [-0.15, -0.1) is 0 Å². The Balaban J connectivity index is 0.000000395. The minimum Gasteiger partial charge on any atom is -0.318 e. The van der Waals surface area contributed by atoms with Gasteiger partial charge in [-0.1, -0.05) is 77.6 Å². The molecule has 2 fully saturated rings. The van der Waals surface area contributed by atoms with Crippen LogP contribution in [0, 0.1) is 11.8 Å². The van der Waals surface area contributed by atoms with Crippen LogP contribution in [0.3, 0.4) is 0 Å². The molecule has 0 aromatic carbocycles. The van der Waals surface area contributed by atoms with Crippen molar-refractivity contribution >= 4 is 0 Å². The average molecular weight is 385 g/mol. The minimum atomic E-state index is 0.271. The summed E-state index contributed by atoms with van der Waals surface area (Å²) in [4.78, 5) is 4.27. The van der Waals surface area contributed by atoms with Gasteiger partial charge >= 0.3 is 0 Å². The Morgan fingerprint density at radius 2 is 1.33 bits per heavy atom. The Bertz CT molecular complexity index is 295. The molecule has 3 N–H and O–H groups in total. The van der Waals surface area contributed by atoms with Crippen molar-refractivity contribution in [1.82, 2.24) is 15.1 Å². The van der Waals surface area contributed by atoms with Crippen LogP contribution < -0.4 is 11.1 Å². The molecule has 0 bridgehead atoms. The van der Waals surface area contributed by atoms with E-state index in [1.807, 2.05) is 7.05 Å². The standard InChI is InChI=1S/C10H22N2.C8H16.C5H14N2/c1-12(2)10(11)8-9-6-4-3-5-7-9;1-2-8-6-4-3-5-7-8;1-6-4-5-7(2)3/h9-10H,3-8,11H2,1-2H3;8H,2-7H2,1H3;6H,4-5H2,1-3H3. The highest BCUT2D eigenvalue weighted by molar-refractivity contribution is 4.70. The summed E-state index contributed by atoms with van der Waals surface area (Å²) in [6.07, 6.45) is 17.5. The second kappa shape index (κ2) is 17.9.